The van der Waals surface area contributed by atoms with Crippen molar-refractivity contribution >= 4 is 0 Å². The van der Waals surface area contributed by atoms with Crippen LogP contribution in [0.25, 0.3) is 0 Å². The second-order valence-corrected chi connectivity index (χ2v) is 5.08. The Kier molecular flexibility index (Phi) is 1.88. The Morgan fingerprint density at radius 2 is 2.00 bits per heavy atom. The van der Waals surface area contributed by atoms with Crippen LogP contribution in [0.2, 0.25) is 0 Å². The summed E-state index contributed by atoms with van der Waals surface area (Å²) in [4.78, 5) is 0. The average molecular weight is 190 g/mol. The summed E-state index contributed by atoms with van der Waals surface area (Å²) in [6.07, 6.45) is 1.01. The van der Waals surface area contributed by atoms with E-state index in [0.717, 1.165) is 12.0 Å². The van der Waals surface area contributed by atoms with Crippen molar-refractivity contribution in [2.75, 3.05) is 0 Å². The van der Waals surface area contributed by atoms with Crippen LogP contribution < -0.4 is 0 Å². The maximum Gasteiger partial charge on any atom is 0.121 e. The predicted molar refractivity (Wildman–Crippen MR) is 58.7 cm³/mol. The van der Waals surface area contributed by atoms with Crippen molar-refractivity contribution < 1.29 is 5.11 Å². The number of benzene rings is 1. The first-order valence-electron chi connectivity index (χ1n) is 5.26. The van der Waals surface area contributed by atoms with Crippen molar-refractivity contribution in [3.8, 4) is 5.75 Å². The maximum absolute atomic E-state index is 9.97. The maximum atomic E-state index is 9.97. The first-order valence-corrected chi connectivity index (χ1v) is 5.26. The molecule has 0 heterocycles. The summed E-state index contributed by atoms with van der Waals surface area (Å²) < 4.78 is 0. The summed E-state index contributed by atoms with van der Waals surface area (Å²) in [7, 11) is 0. The average Bonchev–Trinajstić information content (AvgIpc) is 2.33. The monoisotopic (exact) mass is 190 g/mol. The number of hydrogen-bond acceptors (Lipinski definition) is 1. The molecule has 0 aromatic heterocycles. The fourth-order valence-corrected chi connectivity index (χ4v) is 2.39. The zero-order valence-electron chi connectivity index (χ0n) is 9.39. The molecule has 0 fully saturated rings. The lowest BCUT2D eigenvalue weighted by Crippen LogP contribution is -2.21. The molecule has 1 aromatic rings. The van der Waals surface area contributed by atoms with Gasteiger partial charge < -0.3 is 5.11 Å². The molecule has 1 atom stereocenters. The molecule has 0 saturated heterocycles. The van der Waals surface area contributed by atoms with E-state index in [1.807, 2.05) is 13.0 Å². The van der Waals surface area contributed by atoms with Crippen LogP contribution in [0.3, 0.4) is 0 Å². The van der Waals surface area contributed by atoms with Gasteiger partial charge >= 0.3 is 0 Å². The van der Waals surface area contributed by atoms with Crippen LogP contribution in [-0.4, -0.2) is 5.11 Å². The summed E-state index contributed by atoms with van der Waals surface area (Å²) >= 11 is 0. The van der Waals surface area contributed by atoms with Crippen molar-refractivity contribution in [2.45, 2.75) is 39.5 Å². The van der Waals surface area contributed by atoms with Crippen LogP contribution in [0.15, 0.2) is 12.1 Å². The zero-order chi connectivity index (χ0) is 10.5. The number of hydrogen-bond donors (Lipinski definition) is 1. The molecule has 0 aliphatic heterocycles. The van der Waals surface area contributed by atoms with Crippen molar-refractivity contribution in [3.05, 3.63) is 28.8 Å². The van der Waals surface area contributed by atoms with E-state index >= 15 is 0 Å². The molecule has 1 N–H and O–H groups in total. The van der Waals surface area contributed by atoms with E-state index in [1.165, 1.54) is 11.1 Å². The fourth-order valence-electron chi connectivity index (χ4n) is 2.39. The van der Waals surface area contributed by atoms with Gasteiger partial charge in [-0.15, -0.1) is 0 Å². The number of fused-ring (bicyclic) bond motifs is 1. The van der Waals surface area contributed by atoms with Crippen molar-refractivity contribution in [1.29, 1.82) is 0 Å². The van der Waals surface area contributed by atoms with Gasteiger partial charge in [-0.1, -0.05) is 32.9 Å². The van der Waals surface area contributed by atoms with Crippen LogP contribution >= 0.6 is 0 Å². The first kappa shape index (κ1) is 9.57. The van der Waals surface area contributed by atoms with Gasteiger partial charge in [0.2, 0.25) is 0 Å². The van der Waals surface area contributed by atoms with Gasteiger partial charge in [-0.2, -0.15) is 0 Å². The molecule has 1 unspecified atom stereocenters. The van der Waals surface area contributed by atoms with Gasteiger partial charge in [-0.3, -0.25) is 0 Å². The molecule has 14 heavy (non-hydrogen) atoms. The lowest BCUT2D eigenvalue weighted by Gasteiger charge is -2.25. The number of phenolic OH excluding ortho intramolecular Hbond substituents is 1. The summed E-state index contributed by atoms with van der Waals surface area (Å²) in [5.41, 5.74) is 3.70. The molecule has 1 aliphatic rings. The number of rotatable bonds is 0. The molecule has 2 rings (SSSR count). The van der Waals surface area contributed by atoms with Crippen LogP contribution in [0.1, 0.15) is 37.5 Å². The van der Waals surface area contributed by atoms with Gasteiger partial charge in [0, 0.05) is 0 Å². The first-order chi connectivity index (χ1) is 6.44. The Bertz CT molecular complexity index is 377. The topological polar surface area (TPSA) is 20.2 Å². The number of phenols is 1. The highest BCUT2D eigenvalue weighted by Crippen LogP contribution is 2.46. The zero-order valence-corrected chi connectivity index (χ0v) is 9.39. The normalized spacial score (nSPS) is 23.6. The molecule has 0 spiro atoms. The molecule has 76 valence electrons. The van der Waals surface area contributed by atoms with Crippen LogP contribution in [0.4, 0.5) is 0 Å². The Morgan fingerprint density at radius 1 is 1.36 bits per heavy atom. The van der Waals surface area contributed by atoms with E-state index in [2.05, 4.69) is 26.8 Å². The van der Waals surface area contributed by atoms with Crippen LogP contribution in [0.5, 0.6) is 5.75 Å². The fraction of sp³-hybridized carbons (Fsp3) is 0.538. The minimum atomic E-state index is 0.209. The van der Waals surface area contributed by atoms with Crippen molar-refractivity contribution in [2.24, 2.45) is 5.92 Å². The van der Waals surface area contributed by atoms with Crippen LogP contribution in [0, 0.1) is 12.8 Å². The molecule has 1 aromatic carbocycles. The summed E-state index contributed by atoms with van der Waals surface area (Å²) in [6.45, 7) is 8.75. The Labute approximate surface area is 85.8 Å². The predicted octanol–water partition coefficient (Wildman–Crippen LogP) is 3.17. The number of aryl methyl sites for hydroxylation is 1. The molecular formula is C13H18O. The van der Waals surface area contributed by atoms with E-state index in [1.54, 1.807) is 0 Å². The standard InChI is InChI=1S/C13H18O/c1-8-5-6-11-10(12(8)14)7-9(2)13(11,3)4/h5-6,9,14H,7H2,1-4H3. The summed E-state index contributed by atoms with van der Waals surface area (Å²) in [5, 5.41) is 9.97. The lowest BCUT2D eigenvalue weighted by molar-refractivity contribution is 0.378. The third-order valence-corrected chi connectivity index (χ3v) is 3.92. The van der Waals surface area contributed by atoms with Gasteiger partial charge in [0.1, 0.15) is 5.75 Å². The molecule has 1 heteroatoms. The van der Waals surface area contributed by atoms with Gasteiger partial charge in [-0.05, 0) is 41.4 Å². The van der Waals surface area contributed by atoms with E-state index in [9.17, 15) is 5.11 Å². The highest BCUT2D eigenvalue weighted by atomic mass is 16.3. The smallest absolute Gasteiger partial charge is 0.121 e. The highest BCUT2D eigenvalue weighted by Gasteiger charge is 2.37. The molecule has 1 nitrogen and oxygen atoms in total. The molecule has 0 amide bonds. The Morgan fingerprint density at radius 3 is 2.64 bits per heavy atom. The van der Waals surface area contributed by atoms with E-state index in [-0.39, 0.29) is 5.41 Å². The van der Waals surface area contributed by atoms with Gasteiger partial charge in [0.15, 0.2) is 0 Å². The molecular weight excluding hydrogens is 172 g/mol. The Balaban J connectivity index is 2.64. The minimum Gasteiger partial charge on any atom is -0.507 e. The van der Waals surface area contributed by atoms with E-state index < -0.39 is 0 Å². The molecule has 0 saturated carbocycles. The van der Waals surface area contributed by atoms with Gasteiger partial charge in [0.05, 0.1) is 0 Å². The van der Waals surface area contributed by atoms with Crippen molar-refractivity contribution in [3.63, 3.8) is 0 Å². The molecule has 1 aliphatic carbocycles. The second kappa shape index (κ2) is 2.75. The Hall–Kier alpha value is -0.980. The third kappa shape index (κ3) is 1.08. The van der Waals surface area contributed by atoms with Crippen LogP contribution in [-0.2, 0) is 11.8 Å². The summed E-state index contributed by atoms with van der Waals surface area (Å²) in [5.74, 6) is 1.13. The highest BCUT2D eigenvalue weighted by molar-refractivity contribution is 5.51. The third-order valence-electron chi connectivity index (χ3n) is 3.92. The molecule has 0 radical (unpaired) electrons. The lowest BCUT2D eigenvalue weighted by atomic mass is 9.79. The van der Waals surface area contributed by atoms with E-state index in [4.69, 9.17) is 0 Å². The summed E-state index contributed by atoms with van der Waals surface area (Å²) in [6, 6.07) is 4.20. The number of aromatic hydroxyl groups is 1. The van der Waals surface area contributed by atoms with Gasteiger partial charge in [0.25, 0.3) is 0 Å². The van der Waals surface area contributed by atoms with E-state index in [0.29, 0.717) is 11.7 Å². The SMILES string of the molecule is Cc1ccc2c(c1O)CC(C)C2(C)C. The molecule has 0 bridgehead atoms. The quantitative estimate of drug-likeness (QED) is 0.666. The van der Waals surface area contributed by atoms with Crippen molar-refractivity contribution in [1.82, 2.24) is 0 Å². The minimum absolute atomic E-state index is 0.209. The van der Waals surface area contributed by atoms with Gasteiger partial charge in [-0.25, -0.2) is 0 Å². The second-order valence-electron chi connectivity index (χ2n) is 5.08. The largest absolute Gasteiger partial charge is 0.507 e.